The molecule has 0 aliphatic rings. The van der Waals surface area contributed by atoms with E-state index in [1.807, 2.05) is 25.1 Å². The van der Waals surface area contributed by atoms with E-state index in [9.17, 15) is 4.79 Å². The first-order chi connectivity index (χ1) is 9.15. The second kappa shape index (κ2) is 8.80. The Morgan fingerprint density at radius 3 is 2.84 bits per heavy atom. The summed E-state index contributed by atoms with van der Waals surface area (Å²) in [6, 6.07) is 5.55. The minimum absolute atomic E-state index is 0.123. The van der Waals surface area contributed by atoms with Gasteiger partial charge in [0, 0.05) is 12.1 Å². The van der Waals surface area contributed by atoms with Gasteiger partial charge in [-0.3, -0.25) is 4.79 Å². The van der Waals surface area contributed by atoms with E-state index in [-0.39, 0.29) is 5.97 Å². The van der Waals surface area contributed by atoms with Crippen LogP contribution in [0.1, 0.15) is 32.6 Å². The first kappa shape index (κ1) is 15.8. The third-order valence-electron chi connectivity index (χ3n) is 2.58. The van der Waals surface area contributed by atoms with Crippen LogP contribution < -0.4 is 10.5 Å². The lowest BCUT2D eigenvalue weighted by molar-refractivity contribution is -0.143. The van der Waals surface area contributed by atoms with E-state index in [4.69, 9.17) is 15.2 Å². The smallest absolute Gasteiger partial charge is 0.305 e. The molecule has 2 N–H and O–H groups in total. The van der Waals surface area contributed by atoms with Crippen LogP contribution in [0.4, 0.5) is 5.69 Å². The predicted octanol–water partition coefficient (Wildman–Crippen LogP) is 3.53. The van der Waals surface area contributed by atoms with Crippen LogP contribution in [0.25, 0.3) is 0 Å². The van der Waals surface area contributed by atoms with E-state index in [1.165, 1.54) is 0 Å². The molecule has 0 bridgehead atoms. The van der Waals surface area contributed by atoms with Crippen LogP contribution in [-0.2, 0) is 9.53 Å². The largest absolute Gasteiger partial charge is 0.492 e. The number of nitrogen functional groups attached to an aromatic ring is 1. The molecule has 0 unspecified atom stereocenters. The standard InChI is InChI=1S/C14H20BrNO3/c1-2-18-13(17)9-4-3-5-10-19-12-8-6-7-11(16)14(12)15/h6-8H,2-5,9-10,16H2,1H3. The Kier molecular flexibility index (Phi) is 7.33. The zero-order valence-corrected chi connectivity index (χ0v) is 12.7. The summed E-state index contributed by atoms with van der Waals surface area (Å²) < 4.78 is 11.3. The number of nitrogens with two attached hydrogens (primary N) is 1. The number of esters is 1. The number of hydrogen-bond acceptors (Lipinski definition) is 4. The van der Waals surface area contributed by atoms with Crippen LogP contribution in [0.5, 0.6) is 5.75 Å². The zero-order valence-electron chi connectivity index (χ0n) is 11.2. The van der Waals surface area contributed by atoms with E-state index in [1.54, 1.807) is 0 Å². The van der Waals surface area contributed by atoms with Crippen molar-refractivity contribution in [3.05, 3.63) is 22.7 Å². The van der Waals surface area contributed by atoms with E-state index in [0.717, 1.165) is 29.5 Å². The maximum absolute atomic E-state index is 11.1. The van der Waals surface area contributed by atoms with E-state index in [0.29, 0.717) is 25.3 Å². The maximum Gasteiger partial charge on any atom is 0.305 e. The number of carbonyl (C=O) groups excluding carboxylic acids is 1. The number of anilines is 1. The Bertz CT molecular complexity index is 410. The van der Waals surface area contributed by atoms with Gasteiger partial charge in [-0.2, -0.15) is 0 Å². The van der Waals surface area contributed by atoms with Crippen LogP contribution in [0.2, 0.25) is 0 Å². The van der Waals surface area contributed by atoms with Crippen molar-refractivity contribution in [1.82, 2.24) is 0 Å². The second-order valence-electron chi connectivity index (χ2n) is 4.12. The highest BCUT2D eigenvalue weighted by atomic mass is 79.9. The molecule has 0 amide bonds. The quantitative estimate of drug-likeness (QED) is 0.450. The molecule has 106 valence electrons. The van der Waals surface area contributed by atoms with Crippen LogP contribution in [-0.4, -0.2) is 19.2 Å². The summed E-state index contributed by atoms with van der Waals surface area (Å²) in [6.45, 7) is 2.88. The van der Waals surface area contributed by atoms with Crippen LogP contribution in [0.3, 0.4) is 0 Å². The third kappa shape index (κ3) is 5.96. The monoisotopic (exact) mass is 329 g/mol. The molecule has 0 saturated heterocycles. The summed E-state index contributed by atoms with van der Waals surface area (Å²) >= 11 is 3.39. The highest BCUT2D eigenvalue weighted by molar-refractivity contribution is 9.10. The number of hydrogen-bond donors (Lipinski definition) is 1. The number of benzene rings is 1. The molecule has 0 atom stereocenters. The molecular formula is C14H20BrNO3. The minimum Gasteiger partial charge on any atom is -0.492 e. The van der Waals surface area contributed by atoms with Crippen molar-refractivity contribution in [3.8, 4) is 5.75 Å². The molecule has 0 spiro atoms. The Hall–Kier alpha value is -1.23. The summed E-state index contributed by atoms with van der Waals surface area (Å²) in [6.07, 6.45) is 3.16. The predicted molar refractivity (Wildman–Crippen MR) is 79.2 cm³/mol. The topological polar surface area (TPSA) is 61.5 Å². The maximum atomic E-state index is 11.1. The Labute approximate surface area is 122 Å². The van der Waals surface area contributed by atoms with Crippen molar-refractivity contribution in [1.29, 1.82) is 0 Å². The molecule has 1 aromatic rings. The first-order valence-electron chi connectivity index (χ1n) is 6.47. The van der Waals surface area contributed by atoms with Crippen LogP contribution in [0, 0.1) is 0 Å². The number of ether oxygens (including phenoxy) is 2. The second-order valence-corrected chi connectivity index (χ2v) is 4.92. The lowest BCUT2D eigenvalue weighted by Gasteiger charge is -2.09. The average molecular weight is 330 g/mol. The van der Waals surface area contributed by atoms with E-state index >= 15 is 0 Å². The molecule has 19 heavy (non-hydrogen) atoms. The van der Waals surface area contributed by atoms with E-state index < -0.39 is 0 Å². The number of carbonyl (C=O) groups is 1. The van der Waals surface area contributed by atoms with Crippen LogP contribution >= 0.6 is 15.9 Å². The molecule has 0 aliphatic heterocycles. The molecular weight excluding hydrogens is 310 g/mol. The molecule has 0 fully saturated rings. The summed E-state index contributed by atoms with van der Waals surface area (Å²) in [5.41, 5.74) is 6.42. The van der Waals surface area contributed by atoms with Gasteiger partial charge >= 0.3 is 5.97 Å². The van der Waals surface area contributed by atoms with Crippen molar-refractivity contribution in [2.75, 3.05) is 18.9 Å². The van der Waals surface area contributed by atoms with Crippen molar-refractivity contribution in [2.45, 2.75) is 32.6 Å². The van der Waals surface area contributed by atoms with Gasteiger partial charge in [-0.1, -0.05) is 6.07 Å². The van der Waals surface area contributed by atoms with Gasteiger partial charge in [0.1, 0.15) is 5.75 Å². The van der Waals surface area contributed by atoms with Gasteiger partial charge in [-0.15, -0.1) is 0 Å². The third-order valence-corrected chi connectivity index (χ3v) is 3.43. The molecule has 0 saturated carbocycles. The Morgan fingerprint density at radius 1 is 1.32 bits per heavy atom. The molecule has 0 aliphatic carbocycles. The van der Waals surface area contributed by atoms with Gasteiger partial charge in [0.05, 0.1) is 17.7 Å². The fraction of sp³-hybridized carbons (Fsp3) is 0.500. The van der Waals surface area contributed by atoms with Gasteiger partial charge in [0.2, 0.25) is 0 Å². The highest BCUT2D eigenvalue weighted by Crippen LogP contribution is 2.30. The Balaban J connectivity index is 2.14. The number of unbranched alkanes of at least 4 members (excludes halogenated alkanes) is 2. The lowest BCUT2D eigenvalue weighted by Crippen LogP contribution is -2.04. The molecule has 0 radical (unpaired) electrons. The summed E-state index contributed by atoms with van der Waals surface area (Å²) in [4.78, 5) is 11.1. The molecule has 0 aromatic heterocycles. The normalized spacial score (nSPS) is 10.2. The van der Waals surface area contributed by atoms with Gasteiger partial charge in [0.25, 0.3) is 0 Å². The minimum atomic E-state index is -0.123. The van der Waals surface area contributed by atoms with Gasteiger partial charge in [-0.05, 0) is 54.2 Å². The molecule has 5 heteroatoms. The summed E-state index contributed by atoms with van der Waals surface area (Å²) in [5, 5.41) is 0. The summed E-state index contributed by atoms with van der Waals surface area (Å²) in [5.74, 6) is 0.632. The number of rotatable bonds is 8. The van der Waals surface area contributed by atoms with Crippen molar-refractivity contribution in [3.63, 3.8) is 0 Å². The highest BCUT2D eigenvalue weighted by Gasteiger charge is 2.04. The molecule has 0 heterocycles. The van der Waals surface area contributed by atoms with Crippen molar-refractivity contribution < 1.29 is 14.3 Å². The van der Waals surface area contributed by atoms with Crippen molar-refractivity contribution >= 4 is 27.6 Å². The Morgan fingerprint density at radius 2 is 2.11 bits per heavy atom. The van der Waals surface area contributed by atoms with E-state index in [2.05, 4.69) is 15.9 Å². The lowest BCUT2D eigenvalue weighted by atomic mass is 10.2. The average Bonchev–Trinajstić information content (AvgIpc) is 2.38. The molecule has 1 rings (SSSR count). The van der Waals surface area contributed by atoms with Gasteiger partial charge in [-0.25, -0.2) is 0 Å². The molecule has 4 nitrogen and oxygen atoms in total. The van der Waals surface area contributed by atoms with Gasteiger partial charge in [0.15, 0.2) is 0 Å². The van der Waals surface area contributed by atoms with Gasteiger partial charge < -0.3 is 15.2 Å². The van der Waals surface area contributed by atoms with Crippen LogP contribution in [0.15, 0.2) is 22.7 Å². The molecule has 1 aromatic carbocycles. The SMILES string of the molecule is CCOC(=O)CCCCCOc1cccc(N)c1Br. The first-order valence-corrected chi connectivity index (χ1v) is 7.27. The summed E-state index contributed by atoms with van der Waals surface area (Å²) in [7, 11) is 0. The zero-order chi connectivity index (χ0) is 14.1. The fourth-order valence-corrected chi connectivity index (χ4v) is 1.98. The van der Waals surface area contributed by atoms with Crippen molar-refractivity contribution in [2.24, 2.45) is 0 Å². The fourth-order valence-electron chi connectivity index (χ4n) is 1.60. The number of halogens is 1.